The van der Waals surface area contributed by atoms with Crippen molar-refractivity contribution in [3.63, 3.8) is 0 Å². The molecule has 0 aliphatic rings. The highest BCUT2D eigenvalue weighted by Crippen LogP contribution is 2.27. The molecule has 0 aliphatic heterocycles. The minimum absolute atomic E-state index is 0.0865. The lowest BCUT2D eigenvalue weighted by Crippen LogP contribution is -2.30. The van der Waals surface area contributed by atoms with Gasteiger partial charge in [-0.2, -0.15) is 0 Å². The molecule has 1 amide bonds. The lowest BCUT2D eigenvalue weighted by Gasteiger charge is -2.15. The third-order valence-electron chi connectivity index (χ3n) is 2.99. The van der Waals surface area contributed by atoms with Crippen molar-refractivity contribution in [2.24, 2.45) is 0 Å². The van der Waals surface area contributed by atoms with Crippen molar-refractivity contribution in [3.8, 4) is 5.75 Å². The van der Waals surface area contributed by atoms with Gasteiger partial charge in [0.05, 0.1) is 20.7 Å². The van der Waals surface area contributed by atoms with Gasteiger partial charge in [-0.05, 0) is 25.1 Å². The Labute approximate surface area is 146 Å². The van der Waals surface area contributed by atoms with Gasteiger partial charge in [0.2, 0.25) is 0 Å². The van der Waals surface area contributed by atoms with Crippen molar-refractivity contribution in [2.75, 3.05) is 5.32 Å². The number of hydrogen-bond donors (Lipinski definition) is 1. The molecule has 1 N–H and O–H groups in total. The second-order valence-corrected chi connectivity index (χ2v) is 5.56. The number of halogens is 3. The zero-order chi connectivity index (χ0) is 17.9. The van der Waals surface area contributed by atoms with Crippen molar-refractivity contribution in [3.05, 3.63) is 62.4 Å². The Hall–Kier alpha value is -2.38. The molecule has 0 radical (unpaired) electrons. The smallest absolute Gasteiger partial charge is 0.271 e. The Balaban J connectivity index is 2.10. The standard InChI is InChI=1S/C15H11Cl2FN2O4/c1-8(24-10-3-5-13(18)12(17)7-10)15(21)19-14-6-9(20(22)23)2-4-11(14)16/h2-8H,1H3,(H,19,21). The first-order valence-electron chi connectivity index (χ1n) is 6.64. The predicted octanol–water partition coefficient (Wildman–Crippen LogP) is 4.45. The first-order valence-corrected chi connectivity index (χ1v) is 7.40. The molecule has 6 nitrogen and oxygen atoms in total. The topological polar surface area (TPSA) is 81.5 Å². The van der Waals surface area contributed by atoms with Gasteiger partial charge >= 0.3 is 0 Å². The Morgan fingerprint density at radius 1 is 1.25 bits per heavy atom. The molecular formula is C15H11Cl2FN2O4. The fraction of sp³-hybridized carbons (Fsp3) is 0.133. The molecule has 24 heavy (non-hydrogen) atoms. The Bertz CT molecular complexity index is 801. The average Bonchev–Trinajstić information content (AvgIpc) is 2.52. The van der Waals surface area contributed by atoms with Gasteiger partial charge in [-0.3, -0.25) is 14.9 Å². The summed E-state index contributed by atoms with van der Waals surface area (Å²) in [7, 11) is 0. The number of anilines is 1. The van der Waals surface area contributed by atoms with Crippen LogP contribution in [0.1, 0.15) is 6.92 Å². The summed E-state index contributed by atoms with van der Waals surface area (Å²) in [6, 6.07) is 7.34. The Kier molecular flexibility index (Phi) is 5.58. The summed E-state index contributed by atoms with van der Waals surface area (Å²) in [6.45, 7) is 1.46. The van der Waals surface area contributed by atoms with E-state index in [0.29, 0.717) is 0 Å². The average molecular weight is 373 g/mol. The molecule has 0 aromatic heterocycles. The van der Waals surface area contributed by atoms with Gasteiger partial charge in [0.15, 0.2) is 6.10 Å². The Morgan fingerprint density at radius 2 is 1.96 bits per heavy atom. The van der Waals surface area contributed by atoms with Crippen molar-refractivity contribution >= 4 is 40.5 Å². The second-order valence-electron chi connectivity index (χ2n) is 4.75. The maximum Gasteiger partial charge on any atom is 0.271 e. The summed E-state index contributed by atoms with van der Waals surface area (Å²) in [6.07, 6.45) is -0.971. The summed E-state index contributed by atoms with van der Waals surface area (Å²) in [5, 5.41) is 13.2. The van der Waals surface area contributed by atoms with Crippen molar-refractivity contribution < 1.29 is 18.8 Å². The molecule has 0 saturated heterocycles. The number of non-ortho nitro benzene ring substituents is 1. The van der Waals surface area contributed by atoms with Gasteiger partial charge in [0.1, 0.15) is 11.6 Å². The first kappa shape index (κ1) is 18.0. The number of amides is 1. The third-order valence-corrected chi connectivity index (χ3v) is 3.61. The number of carbonyl (C=O) groups is 1. The zero-order valence-electron chi connectivity index (χ0n) is 12.3. The van der Waals surface area contributed by atoms with Gasteiger partial charge in [-0.1, -0.05) is 23.2 Å². The van der Waals surface area contributed by atoms with Crippen LogP contribution in [-0.2, 0) is 4.79 Å². The van der Waals surface area contributed by atoms with Crippen LogP contribution in [0.4, 0.5) is 15.8 Å². The number of rotatable bonds is 5. The third kappa shape index (κ3) is 4.33. The molecule has 0 heterocycles. The van der Waals surface area contributed by atoms with Gasteiger partial charge in [-0.25, -0.2) is 4.39 Å². The summed E-state index contributed by atoms with van der Waals surface area (Å²) < 4.78 is 18.5. The van der Waals surface area contributed by atoms with Gasteiger partial charge in [-0.15, -0.1) is 0 Å². The summed E-state index contributed by atoms with van der Waals surface area (Å²) >= 11 is 11.5. The predicted molar refractivity (Wildman–Crippen MR) is 88.2 cm³/mol. The maximum absolute atomic E-state index is 13.1. The van der Waals surface area contributed by atoms with E-state index in [-0.39, 0.29) is 27.2 Å². The molecule has 2 aromatic carbocycles. The van der Waals surface area contributed by atoms with E-state index in [2.05, 4.69) is 5.32 Å². The number of carbonyl (C=O) groups excluding carboxylic acids is 1. The largest absolute Gasteiger partial charge is 0.481 e. The highest BCUT2D eigenvalue weighted by Gasteiger charge is 2.18. The van der Waals surface area contributed by atoms with Gasteiger partial charge in [0.25, 0.3) is 11.6 Å². The van der Waals surface area contributed by atoms with E-state index in [1.807, 2.05) is 0 Å². The summed E-state index contributed by atoms with van der Waals surface area (Å²) in [5.41, 5.74) is -0.128. The van der Waals surface area contributed by atoms with Crippen LogP contribution in [0.3, 0.4) is 0 Å². The molecule has 0 spiro atoms. The normalized spacial score (nSPS) is 11.7. The molecular weight excluding hydrogens is 362 g/mol. The molecule has 2 rings (SSSR count). The van der Waals surface area contributed by atoms with Crippen LogP contribution in [0.2, 0.25) is 10.0 Å². The summed E-state index contributed by atoms with van der Waals surface area (Å²) in [5.74, 6) is -0.989. The van der Waals surface area contributed by atoms with Crippen LogP contribution in [0.5, 0.6) is 5.75 Å². The molecule has 0 aliphatic carbocycles. The quantitative estimate of drug-likeness (QED) is 0.620. The highest BCUT2D eigenvalue weighted by atomic mass is 35.5. The second kappa shape index (κ2) is 7.46. The number of nitro groups is 1. The van der Waals surface area contributed by atoms with Crippen molar-refractivity contribution in [2.45, 2.75) is 13.0 Å². The lowest BCUT2D eigenvalue weighted by molar-refractivity contribution is -0.384. The molecule has 0 saturated carbocycles. The van der Waals surface area contributed by atoms with E-state index in [4.69, 9.17) is 27.9 Å². The SMILES string of the molecule is CC(Oc1ccc(F)c(Cl)c1)C(=O)Nc1cc([N+](=O)[O-])ccc1Cl. The summed E-state index contributed by atoms with van der Waals surface area (Å²) in [4.78, 5) is 22.3. The Morgan fingerprint density at radius 3 is 2.58 bits per heavy atom. The van der Waals surface area contributed by atoms with E-state index < -0.39 is 22.8 Å². The fourth-order valence-corrected chi connectivity index (χ4v) is 2.10. The minimum atomic E-state index is -0.971. The van der Waals surface area contributed by atoms with Crippen LogP contribution in [0.15, 0.2) is 36.4 Å². The van der Waals surface area contributed by atoms with Crippen LogP contribution in [0, 0.1) is 15.9 Å². The number of hydrogen-bond acceptors (Lipinski definition) is 4. The lowest BCUT2D eigenvalue weighted by atomic mass is 10.2. The maximum atomic E-state index is 13.1. The number of nitrogens with zero attached hydrogens (tertiary/aromatic N) is 1. The van der Waals surface area contributed by atoms with E-state index in [9.17, 15) is 19.3 Å². The van der Waals surface area contributed by atoms with E-state index in [0.717, 1.165) is 12.1 Å². The molecule has 126 valence electrons. The van der Waals surface area contributed by atoms with Crippen LogP contribution < -0.4 is 10.1 Å². The molecule has 2 aromatic rings. The zero-order valence-corrected chi connectivity index (χ0v) is 13.8. The first-order chi connectivity index (χ1) is 11.3. The molecule has 9 heteroatoms. The number of benzene rings is 2. The van der Waals surface area contributed by atoms with Gasteiger partial charge in [0, 0.05) is 18.2 Å². The molecule has 0 bridgehead atoms. The number of nitro benzene ring substituents is 1. The molecule has 1 unspecified atom stereocenters. The van der Waals surface area contributed by atoms with Crippen LogP contribution in [0.25, 0.3) is 0 Å². The number of nitrogens with one attached hydrogen (secondary N) is 1. The van der Waals surface area contributed by atoms with Crippen LogP contribution >= 0.6 is 23.2 Å². The monoisotopic (exact) mass is 372 g/mol. The van der Waals surface area contributed by atoms with Crippen molar-refractivity contribution in [1.29, 1.82) is 0 Å². The van der Waals surface area contributed by atoms with E-state index >= 15 is 0 Å². The minimum Gasteiger partial charge on any atom is -0.481 e. The van der Waals surface area contributed by atoms with Gasteiger partial charge < -0.3 is 10.1 Å². The number of ether oxygens (including phenoxy) is 1. The highest BCUT2D eigenvalue weighted by molar-refractivity contribution is 6.33. The van der Waals surface area contributed by atoms with Crippen molar-refractivity contribution in [1.82, 2.24) is 0 Å². The molecule has 0 fully saturated rings. The fourth-order valence-electron chi connectivity index (χ4n) is 1.76. The molecule has 1 atom stereocenters. The van der Waals surface area contributed by atoms with E-state index in [1.165, 1.54) is 31.2 Å². The van der Waals surface area contributed by atoms with E-state index in [1.54, 1.807) is 0 Å². The van der Waals surface area contributed by atoms with Crippen LogP contribution in [-0.4, -0.2) is 16.9 Å².